The standard InChI is InChI=1S/C18H20N4O2S.C2HF3O2/c23-17(16-7-6-15(25-16)14-5-2-8-19-14)21-12-3-1-4-13(11-12)22-10-9-20-18(22)24;3-2(4,5)1(6)7/h1,3-4,6-7,11,14,19H,2,5,8-10H2,(H,20,24)(H,21,23);(H,6,7). The van der Waals surface area contributed by atoms with Crippen molar-refractivity contribution in [2.24, 2.45) is 0 Å². The predicted molar refractivity (Wildman–Crippen MR) is 113 cm³/mol. The van der Waals surface area contributed by atoms with Crippen molar-refractivity contribution in [1.29, 1.82) is 0 Å². The summed E-state index contributed by atoms with van der Waals surface area (Å²) in [5, 5.41) is 16.3. The Morgan fingerprint density at radius 3 is 2.53 bits per heavy atom. The molecule has 0 aliphatic carbocycles. The number of aliphatic carboxylic acids is 1. The summed E-state index contributed by atoms with van der Waals surface area (Å²) in [6.45, 7) is 2.32. The number of hydrogen-bond acceptors (Lipinski definition) is 5. The molecular weight excluding hydrogens is 449 g/mol. The van der Waals surface area contributed by atoms with E-state index in [0.717, 1.165) is 18.7 Å². The fourth-order valence-electron chi connectivity index (χ4n) is 3.25. The van der Waals surface area contributed by atoms with Crippen LogP contribution < -0.4 is 20.9 Å². The maximum atomic E-state index is 12.5. The Morgan fingerprint density at radius 1 is 1.19 bits per heavy atom. The van der Waals surface area contributed by atoms with Crippen LogP contribution >= 0.6 is 11.3 Å². The van der Waals surface area contributed by atoms with Crippen molar-refractivity contribution in [3.8, 4) is 0 Å². The summed E-state index contributed by atoms with van der Waals surface area (Å²) in [4.78, 5) is 36.8. The van der Waals surface area contributed by atoms with Gasteiger partial charge in [0.1, 0.15) is 0 Å². The number of nitrogens with one attached hydrogen (secondary N) is 3. The monoisotopic (exact) mass is 470 g/mol. The van der Waals surface area contributed by atoms with E-state index in [0.29, 0.717) is 29.7 Å². The summed E-state index contributed by atoms with van der Waals surface area (Å²) in [5.74, 6) is -2.87. The van der Waals surface area contributed by atoms with Crippen LogP contribution in [-0.4, -0.2) is 48.8 Å². The second-order valence-electron chi connectivity index (χ2n) is 7.04. The summed E-state index contributed by atoms with van der Waals surface area (Å²) in [5.41, 5.74) is 1.48. The number of carboxylic acid groups (broad SMARTS) is 1. The molecule has 1 unspecified atom stereocenters. The third-order valence-corrected chi connectivity index (χ3v) is 5.97. The van der Waals surface area contributed by atoms with Gasteiger partial charge in [0.05, 0.1) is 4.88 Å². The van der Waals surface area contributed by atoms with Gasteiger partial charge in [-0.3, -0.25) is 9.69 Å². The molecule has 12 heteroatoms. The van der Waals surface area contributed by atoms with Gasteiger partial charge in [0, 0.05) is 35.4 Å². The maximum Gasteiger partial charge on any atom is 0.490 e. The smallest absolute Gasteiger partial charge is 0.475 e. The van der Waals surface area contributed by atoms with Crippen molar-refractivity contribution in [1.82, 2.24) is 10.6 Å². The Labute approximate surface area is 185 Å². The number of nitrogens with zero attached hydrogens (tertiary/aromatic N) is 1. The number of rotatable bonds is 4. The molecule has 2 aliphatic rings. The molecule has 2 aromatic rings. The molecule has 2 saturated heterocycles. The molecule has 0 radical (unpaired) electrons. The average Bonchev–Trinajstić information content (AvgIpc) is 3.49. The molecule has 1 aromatic heterocycles. The highest BCUT2D eigenvalue weighted by atomic mass is 32.1. The molecule has 3 amide bonds. The number of halogens is 3. The summed E-state index contributed by atoms with van der Waals surface area (Å²) < 4.78 is 31.7. The number of alkyl halides is 3. The number of carbonyl (C=O) groups is 3. The molecule has 0 saturated carbocycles. The second kappa shape index (κ2) is 10.0. The van der Waals surface area contributed by atoms with Gasteiger partial charge in [0.25, 0.3) is 5.91 Å². The lowest BCUT2D eigenvalue weighted by molar-refractivity contribution is -0.192. The van der Waals surface area contributed by atoms with E-state index in [9.17, 15) is 22.8 Å². The molecule has 32 heavy (non-hydrogen) atoms. The molecule has 1 atom stereocenters. The predicted octanol–water partition coefficient (Wildman–Crippen LogP) is 3.59. The SMILES string of the molecule is O=C(Nc1cccc(N2CCNC2=O)c1)c1ccc(C2CCCN2)s1.O=C(O)C(F)(F)F. The van der Waals surface area contributed by atoms with E-state index >= 15 is 0 Å². The Hall–Kier alpha value is -3.12. The first-order valence-electron chi connectivity index (χ1n) is 9.75. The Kier molecular flexibility index (Phi) is 7.36. The Morgan fingerprint density at radius 2 is 1.94 bits per heavy atom. The summed E-state index contributed by atoms with van der Waals surface area (Å²) in [7, 11) is 0. The number of thiophene rings is 1. The number of carboxylic acids is 1. The van der Waals surface area contributed by atoms with Crippen LogP contribution in [0.25, 0.3) is 0 Å². The Bertz CT molecular complexity index is 989. The summed E-state index contributed by atoms with van der Waals surface area (Å²) >= 11 is 1.54. The summed E-state index contributed by atoms with van der Waals surface area (Å²) in [6.07, 6.45) is -2.78. The van der Waals surface area contributed by atoms with Gasteiger partial charge in [0.2, 0.25) is 0 Å². The first kappa shape index (κ1) is 23.5. The third-order valence-electron chi connectivity index (χ3n) is 4.77. The number of hydrogen-bond donors (Lipinski definition) is 4. The van der Waals surface area contributed by atoms with Gasteiger partial charge in [-0.1, -0.05) is 6.07 Å². The maximum absolute atomic E-state index is 12.5. The zero-order valence-electron chi connectivity index (χ0n) is 16.7. The number of benzene rings is 1. The van der Waals surface area contributed by atoms with E-state index in [4.69, 9.17) is 9.90 Å². The van der Waals surface area contributed by atoms with Gasteiger partial charge in [0.15, 0.2) is 0 Å². The van der Waals surface area contributed by atoms with E-state index in [1.807, 2.05) is 36.4 Å². The van der Waals surface area contributed by atoms with E-state index in [1.165, 1.54) is 22.6 Å². The number of amides is 3. The third kappa shape index (κ3) is 5.98. The average molecular weight is 470 g/mol. The summed E-state index contributed by atoms with van der Waals surface area (Å²) in [6, 6.07) is 11.6. The van der Waals surface area contributed by atoms with E-state index < -0.39 is 12.1 Å². The number of urea groups is 1. The Balaban J connectivity index is 0.000000360. The lowest BCUT2D eigenvalue weighted by atomic mass is 10.2. The van der Waals surface area contributed by atoms with Crippen molar-refractivity contribution < 1.29 is 32.7 Å². The molecule has 2 aliphatic heterocycles. The molecule has 4 N–H and O–H groups in total. The highest BCUT2D eigenvalue weighted by molar-refractivity contribution is 7.14. The van der Waals surface area contributed by atoms with Crippen LogP contribution in [0.3, 0.4) is 0 Å². The van der Waals surface area contributed by atoms with Gasteiger partial charge in [-0.2, -0.15) is 13.2 Å². The molecule has 8 nitrogen and oxygen atoms in total. The topological polar surface area (TPSA) is 111 Å². The molecule has 4 rings (SSSR count). The first-order valence-corrected chi connectivity index (χ1v) is 10.6. The normalized spacial score (nSPS) is 18.0. The van der Waals surface area contributed by atoms with Crippen LogP contribution in [0.15, 0.2) is 36.4 Å². The van der Waals surface area contributed by atoms with Gasteiger partial charge in [-0.15, -0.1) is 11.3 Å². The molecule has 0 spiro atoms. The molecule has 1 aromatic carbocycles. The fraction of sp³-hybridized carbons (Fsp3) is 0.350. The van der Waals surface area contributed by atoms with Gasteiger partial charge < -0.3 is 21.1 Å². The van der Waals surface area contributed by atoms with Crippen LogP contribution in [0, 0.1) is 0 Å². The van der Waals surface area contributed by atoms with Crippen LogP contribution in [-0.2, 0) is 4.79 Å². The minimum atomic E-state index is -5.08. The van der Waals surface area contributed by atoms with E-state index in [2.05, 4.69) is 16.0 Å². The number of anilines is 2. The van der Waals surface area contributed by atoms with Crippen molar-refractivity contribution in [2.45, 2.75) is 25.1 Å². The molecule has 3 heterocycles. The highest BCUT2D eigenvalue weighted by Crippen LogP contribution is 2.30. The van der Waals surface area contributed by atoms with Crippen molar-refractivity contribution in [3.63, 3.8) is 0 Å². The van der Waals surface area contributed by atoms with Crippen LogP contribution in [0.4, 0.5) is 29.3 Å². The quantitative estimate of drug-likeness (QED) is 0.546. The minimum absolute atomic E-state index is 0.101. The first-order chi connectivity index (χ1) is 15.1. The fourth-order valence-corrected chi connectivity index (χ4v) is 4.27. The highest BCUT2D eigenvalue weighted by Gasteiger charge is 2.38. The number of carbonyl (C=O) groups excluding carboxylic acids is 2. The molecule has 0 bridgehead atoms. The lowest BCUT2D eigenvalue weighted by Gasteiger charge is -2.15. The van der Waals surface area contributed by atoms with Crippen molar-refractivity contribution in [2.75, 3.05) is 29.9 Å². The second-order valence-corrected chi connectivity index (χ2v) is 8.16. The van der Waals surface area contributed by atoms with Crippen LogP contribution in [0.5, 0.6) is 0 Å². The van der Waals surface area contributed by atoms with E-state index in [1.54, 1.807) is 4.90 Å². The molecule has 2 fully saturated rings. The zero-order valence-corrected chi connectivity index (χ0v) is 17.6. The van der Waals surface area contributed by atoms with Crippen molar-refractivity contribution in [3.05, 3.63) is 46.2 Å². The van der Waals surface area contributed by atoms with Crippen LogP contribution in [0.1, 0.15) is 33.4 Å². The molecular formula is C20H21F3N4O4S. The van der Waals surface area contributed by atoms with E-state index in [-0.39, 0.29) is 11.9 Å². The van der Waals surface area contributed by atoms with Gasteiger partial charge in [-0.25, -0.2) is 9.59 Å². The van der Waals surface area contributed by atoms with Gasteiger partial charge >= 0.3 is 18.2 Å². The van der Waals surface area contributed by atoms with Crippen LogP contribution in [0.2, 0.25) is 0 Å². The molecule has 172 valence electrons. The lowest BCUT2D eigenvalue weighted by Crippen LogP contribution is -2.27. The van der Waals surface area contributed by atoms with Crippen molar-refractivity contribution >= 4 is 40.6 Å². The minimum Gasteiger partial charge on any atom is -0.475 e. The largest absolute Gasteiger partial charge is 0.490 e. The van der Waals surface area contributed by atoms with Gasteiger partial charge in [-0.05, 0) is 49.7 Å². The zero-order chi connectivity index (χ0) is 23.3.